The van der Waals surface area contributed by atoms with Gasteiger partial charge in [0, 0.05) is 0 Å². The smallest absolute Gasteiger partial charge is 0.0804 e. The summed E-state index contributed by atoms with van der Waals surface area (Å²) in [4.78, 5) is 0. The van der Waals surface area contributed by atoms with Crippen molar-refractivity contribution in [1.29, 1.82) is 0 Å². The maximum absolute atomic E-state index is 9.90. The molecule has 0 saturated heterocycles. The first-order valence-electron chi connectivity index (χ1n) is 5.30. The molecule has 1 aliphatic rings. The third-order valence-corrected chi connectivity index (χ3v) is 2.81. The van der Waals surface area contributed by atoms with E-state index in [1.165, 1.54) is 18.4 Å². The molecule has 1 fully saturated rings. The van der Waals surface area contributed by atoms with E-state index in [1.54, 1.807) is 0 Å². The van der Waals surface area contributed by atoms with Crippen LogP contribution >= 0.6 is 0 Å². The van der Waals surface area contributed by atoms with Crippen LogP contribution in [-0.2, 0) is 0 Å². The molecule has 14 heavy (non-hydrogen) atoms. The van der Waals surface area contributed by atoms with Gasteiger partial charge in [0.1, 0.15) is 0 Å². The average molecular weight is 191 g/mol. The van der Waals surface area contributed by atoms with Gasteiger partial charge in [0.15, 0.2) is 0 Å². The van der Waals surface area contributed by atoms with Crippen LogP contribution < -0.4 is 5.73 Å². The lowest BCUT2D eigenvalue weighted by atomic mass is 9.97. The molecule has 0 radical (unpaired) electrons. The minimum Gasteiger partial charge on any atom is -0.388 e. The van der Waals surface area contributed by atoms with Crippen LogP contribution in [0.4, 0.5) is 0 Å². The number of nitrogens with two attached hydrogens (primary N) is 1. The topological polar surface area (TPSA) is 46.2 Å². The lowest BCUT2D eigenvalue weighted by Crippen LogP contribution is -2.08. The number of hydrogen-bond acceptors (Lipinski definition) is 2. The van der Waals surface area contributed by atoms with Crippen molar-refractivity contribution in [3.63, 3.8) is 0 Å². The first kappa shape index (κ1) is 9.69. The summed E-state index contributed by atoms with van der Waals surface area (Å²) in [5.74, 6) is 0.693. The second kappa shape index (κ2) is 4.11. The van der Waals surface area contributed by atoms with E-state index >= 15 is 0 Å². The Morgan fingerprint density at radius 1 is 1.36 bits per heavy atom. The lowest BCUT2D eigenvalue weighted by Gasteiger charge is -2.14. The van der Waals surface area contributed by atoms with Gasteiger partial charge in [-0.15, -0.1) is 0 Å². The van der Waals surface area contributed by atoms with Gasteiger partial charge in [0.2, 0.25) is 0 Å². The van der Waals surface area contributed by atoms with Gasteiger partial charge in [0.25, 0.3) is 0 Å². The first-order chi connectivity index (χ1) is 6.83. The Hall–Kier alpha value is -0.860. The van der Waals surface area contributed by atoms with E-state index in [0.29, 0.717) is 18.9 Å². The van der Waals surface area contributed by atoms with Crippen LogP contribution in [0.3, 0.4) is 0 Å². The number of aliphatic hydroxyl groups is 1. The molecule has 0 amide bonds. The molecule has 76 valence electrons. The molecule has 3 N–H and O–H groups in total. The molecule has 1 aliphatic carbocycles. The summed E-state index contributed by atoms with van der Waals surface area (Å²) >= 11 is 0. The SMILES string of the molecule is NCC[C@@H](O)c1ccccc1C1CC1. The Labute approximate surface area is 84.7 Å². The van der Waals surface area contributed by atoms with E-state index in [4.69, 9.17) is 5.73 Å². The maximum atomic E-state index is 9.90. The van der Waals surface area contributed by atoms with Gasteiger partial charge in [0.05, 0.1) is 6.10 Å². The number of benzene rings is 1. The van der Waals surface area contributed by atoms with Gasteiger partial charge in [-0.05, 0) is 42.9 Å². The Bertz CT molecular complexity index is 307. The zero-order valence-corrected chi connectivity index (χ0v) is 8.32. The zero-order valence-electron chi connectivity index (χ0n) is 8.32. The molecule has 0 aromatic heterocycles. The second-order valence-corrected chi connectivity index (χ2v) is 4.00. The Balaban J connectivity index is 2.21. The van der Waals surface area contributed by atoms with Crippen molar-refractivity contribution < 1.29 is 5.11 Å². The van der Waals surface area contributed by atoms with Crippen LogP contribution in [0.15, 0.2) is 24.3 Å². The van der Waals surface area contributed by atoms with Gasteiger partial charge in [-0.25, -0.2) is 0 Å². The quantitative estimate of drug-likeness (QED) is 0.764. The largest absolute Gasteiger partial charge is 0.388 e. The summed E-state index contributed by atoms with van der Waals surface area (Å²) in [6.45, 7) is 0.542. The fraction of sp³-hybridized carbons (Fsp3) is 0.500. The molecule has 1 atom stereocenters. The van der Waals surface area contributed by atoms with Crippen molar-refractivity contribution in [3.8, 4) is 0 Å². The summed E-state index contributed by atoms with van der Waals surface area (Å²) < 4.78 is 0. The van der Waals surface area contributed by atoms with Crippen molar-refractivity contribution in [2.24, 2.45) is 5.73 Å². The molecule has 1 saturated carbocycles. The molecular formula is C12H17NO. The molecular weight excluding hydrogens is 174 g/mol. The van der Waals surface area contributed by atoms with Crippen LogP contribution in [0.2, 0.25) is 0 Å². The summed E-state index contributed by atoms with van der Waals surface area (Å²) in [6.07, 6.45) is 2.82. The van der Waals surface area contributed by atoms with E-state index in [0.717, 1.165) is 5.56 Å². The predicted molar refractivity (Wildman–Crippen MR) is 57.0 cm³/mol. The first-order valence-corrected chi connectivity index (χ1v) is 5.30. The van der Waals surface area contributed by atoms with E-state index < -0.39 is 0 Å². The molecule has 0 aliphatic heterocycles. The monoisotopic (exact) mass is 191 g/mol. The van der Waals surface area contributed by atoms with Gasteiger partial charge < -0.3 is 10.8 Å². The molecule has 1 aromatic carbocycles. The molecule has 0 spiro atoms. The van der Waals surface area contributed by atoms with Crippen LogP contribution in [0, 0.1) is 0 Å². The molecule has 2 heteroatoms. The average Bonchev–Trinajstić information content (AvgIpc) is 3.01. The van der Waals surface area contributed by atoms with Gasteiger partial charge in [-0.3, -0.25) is 0 Å². The summed E-state index contributed by atoms with van der Waals surface area (Å²) in [5, 5.41) is 9.90. The zero-order chi connectivity index (χ0) is 9.97. The van der Waals surface area contributed by atoms with Crippen molar-refractivity contribution in [2.45, 2.75) is 31.3 Å². The Morgan fingerprint density at radius 2 is 2.07 bits per heavy atom. The van der Waals surface area contributed by atoms with Gasteiger partial charge >= 0.3 is 0 Å². The standard InChI is InChI=1S/C12H17NO/c13-8-7-12(14)11-4-2-1-3-10(11)9-5-6-9/h1-4,9,12,14H,5-8,13H2/t12-/m1/s1. The van der Waals surface area contributed by atoms with Crippen molar-refractivity contribution in [1.82, 2.24) is 0 Å². The highest BCUT2D eigenvalue weighted by Gasteiger charge is 2.27. The highest BCUT2D eigenvalue weighted by atomic mass is 16.3. The van der Waals surface area contributed by atoms with E-state index in [2.05, 4.69) is 6.07 Å². The van der Waals surface area contributed by atoms with Crippen LogP contribution in [0.1, 0.15) is 42.4 Å². The fourth-order valence-corrected chi connectivity index (χ4v) is 1.89. The maximum Gasteiger partial charge on any atom is 0.0804 e. The number of aliphatic hydroxyl groups excluding tert-OH is 1. The molecule has 0 bridgehead atoms. The summed E-state index contributed by atoms with van der Waals surface area (Å²) in [6, 6.07) is 8.19. The van der Waals surface area contributed by atoms with Crippen LogP contribution in [-0.4, -0.2) is 11.7 Å². The highest BCUT2D eigenvalue weighted by molar-refractivity contribution is 5.34. The van der Waals surface area contributed by atoms with Crippen molar-refractivity contribution >= 4 is 0 Å². The third kappa shape index (κ3) is 1.97. The summed E-state index contributed by atoms with van der Waals surface area (Å²) in [5.41, 5.74) is 7.86. The molecule has 2 nitrogen and oxygen atoms in total. The fourth-order valence-electron chi connectivity index (χ4n) is 1.89. The minimum atomic E-state index is -0.378. The predicted octanol–water partition coefficient (Wildman–Crippen LogP) is 1.95. The van der Waals surface area contributed by atoms with Crippen molar-refractivity contribution in [3.05, 3.63) is 35.4 Å². The number of hydrogen-bond donors (Lipinski definition) is 2. The van der Waals surface area contributed by atoms with E-state index in [9.17, 15) is 5.11 Å². The van der Waals surface area contributed by atoms with Crippen LogP contribution in [0.25, 0.3) is 0 Å². The molecule has 0 heterocycles. The highest BCUT2D eigenvalue weighted by Crippen LogP contribution is 2.43. The molecule has 0 unspecified atom stereocenters. The lowest BCUT2D eigenvalue weighted by molar-refractivity contribution is 0.169. The van der Waals surface area contributed by atoms with Crippen molar-refractivity contribution in [2.75, 3.05) is 6.54 Å². The van der Waals surface area contributed by atoms with Gasteiger partial charge in [-0.1, -0.05) is 24.3 Å². The third-order valence-electron chi connectivity index (χ3n) is 2.81. The summed E-state index contributed by atoms with van der Waals surface area (Å²) in [7, 11) is 0. The molecule has 2 rings (SSSR count). The Kier molecular flexibility index (Phi) is 2.85. The Morgan fingerprint density at radius 3 is 2.71 bits per heavy atom. The van der Waals surface area contributed by atoms with Crippen LogP contribution in [0.5, 0.6) is 0 Å². The second-order valence-electron chi connectivity index (χ2n) is 4.00. The number of rotatable bonds is 4. The van der Waals surface area contributed by atoms with Gasteiger partial charge in [-0.2, -0.15) is 0 Å². The van der Waals surface area contributed by atoms with E-state index in [-0.39, 0.29) is 6.10 Å². The van der Waals surface area contributed by atoms with E-state index in [1.807, 2.05) is 18.2 Å². The normalized spacial score (nSPS) is 18.1. The molecule has 1 aromatic rings. The minimum absolute atomic E-state index is 0.378.